The predicted octanol–water partition coefficient (Wildman–Crippen LogP) is 1.79. The van der Waals surface area contributed by atoms with Crippen LogP contribution in [0.5, 0.6) is 0 Å². The predicted molar refractivity (Wildman–Crippen MR) is 100 cm³/mol. The van der Waals surface area contributed by atoms with Gasteiger partial charge in [-0.05, 0) is 25.0 Å². The summed E-state index contributed by atoms with van der Waals surface area (Å²) >= 11 is 0. The molecular formula is C18H18F2N6O2S. The summed E-state index contributed by atoms with van der Waals surface area (Å²) in [5.41, 5.74) is 0.648. The molecule has 11 heteroatoms. The molecule has 0 spiro atoms. The number of halogens is 2. The molecule has 0 unspecified atom stereocenters. The summed E-state index contributed by atoms with van der Waals surface area (Å²) in [6, 6.07) is 2.49. The molecule has 1 aliphatic heterocycles. The van der Waals surface area contributed by atoms with Crippen LogP contribution in [0.1, 0.15) is 24.6 Å². The Hall–Kier alpha value is -2.66. The van der Waals surface area contributed by atoms with Gasteiger partial charge in [0.2, 0.25) is 15.7 Å². The molecule has 5 rings (SSSR count). The molecule has 1 aromatic carbocycles. The molecule has 29 heavy (non-hydrogen) atoms. The van der Waals surface area contributed by atoms with Gasteiger partial charge in [0.1, 0.15) is 22.4 Å². The van der Waals surface area contributed by atoms with Gasteiger partial charge in [-0.15, -0.1) is 10.2 Å². The maximum atomic E-state index is 14.0. The van der Waals surface area contributed by atoms with Gasteiger partial charge < -0.3 is 4.90 Å². The average molecular weight is 420 g/mol. The van der Waals surface area contributed by atoms with Gasteiger partial charge in [-0.3, -0.25) is 4.40 Å². The lowest BCUT2D eigenvalue weighted by Gasteiger charge is -2.34. The Morgan fingerprint density at radius 1 is 1.03 bits per heavy atom. The number of hydrogen-bond acceptors (Lipinski definition) is 6. The fraction of sp³-hybridized carbons (Fsp3) is 0.389. The van der Waals surface area contributed by atoms with Crippen LogP contribution in [0, 0.1) is 11.6 Å². The van der Waals surface area contributed by atoms with E-state index in [0.717, 1.165) is 30.8 Å². The highest BCUT2D eigenvalue weighted by Crippen LogP contribution is 2.39. The Kier molecular flexibility index (Phi) is 4.24. The maximum absolute atomic E-state index is 14.0. The fourth-order valence-corrected chi connectivity index (χ4v) is 5.11. The molecule has 0 bridgehead atoms. The third-order valence-corrected chi connectivity index (χ3v) is 7.26. The van der Waals surface area contributed by atoms with Gasteiger partial charge in [-0.25, -0.2) is 22.2 Å². The third-order valence-electron chi connectivity index (χ3n) is 5.33. The van der Waals surface area contributed by atoms with Gasteiger partial charge in [-0.2, -0.15) is 4.31 Å². The van der Waals surface area contributed by atoms with Crippen molar-refractivity contribution in [3.8, 4) is 0 Å². The van der Waals surface area contributed by atoms with Gasteiger partial charge in [0.05, 0.1) is 0 Å². The minimum atomic E-state index is -4.05. The van der Waals surface area contributed by atoms with E-state index in [2.05, 4.69) is 15.2 Å². The molecule has 152 valence electrons. The summed E-state index contributed by atoms with van der Waals surface area (Å²) in [6.07, 6.45) is 5.74. The lowest BCUT2D eigenvalue weighted by Crippen LogP contribution is -2.49. The number of benzene rings is 1. The van der Waals surface area contributed by atoms with Crippen molar-refractivity contribution in [3.63, 3.8) is 0 Å². The molecule has 1 saturated carbocycles. The number of piperazine rings is 1. The van der Waals surface area contributed by atoms with E-state index in [1.54, 1.807) is 6.20 Å². The van der Waals surface area contributed by atoms with E-state index >= 15 is 0 Å². The molecule has 0 amide bonds. The molecule has 0 radical (unpaired) electrons. The zero-order valence-electron chi connectivity index (χ0n) is 15.4. The zero-order chi connectivity index (χ0) is 20.2. The molecule has 0 N–H and O–H groups in total. The second-order valence-corrected chi connectivity index (χ2v) is 9.15. The standard InChI is InChI=1S/C18H18F2N6O2S/c19-13-3-4-15(14(20)11-13)29(27,28)25-9-7-24(8-10-25)17-18-23-22-16(12-1-2-12)26(18)6-5-21-17/h3-6,11-12H,1-2,7-10H2. The first kappa shape index (κ1) is 18.4. The van der Waals surface area contributed by atoms with Crippen LogP contribution >= 0.6 is 0 Å². The van der Waals surface area contributed by atoms with Gasteiger partial charge in [0.25, 0.3) is 0 Å². The molecule has 3 heterocycles. The summed E-state index contributed by atoms with van der Waals surface area (Å²) in [7, 11) is -4.05. The van der Waals surface area contributed by atoms with Crippen LogP contribution in [0.3, 0.4) is 0 Å². The lowest BCUT2D eigenvalue weighted by atomic mass is 10.3. The Balaban J connectivity index is 1.37. The van der Waals surface area contributed by atoms with E-state index in [1.807, 2.05) is 15.5 Å². The Labute approximate surface area is 165 Å². The van der Waals surface area contributed by atoms with Crippen molar-refractivity contribution < 1.29 is 17.2 Å². The van der Waals surface area contributed by atoms with Gasteiger partial charge in [0.15, 0.2) is 5.82 Å². The van der Waals surface area contributed by atoms with E-state index in [0.29, 0.717) is 36.5 Å². The van der Waals surface area contributed by atoms with Crippen molar-refractivity contribution in [2.45, 2.75) is 23.7 Å². The molecule has 2 fully saturated rings. The molecule has 1 saturated heterocycles. The van der Waals surface area contributed by atoms with Crippen LogP contribution in [-0.4, -0.2) is 58.5 Å². The van der Waals surface area contributed by atoms with Crippen LogP contribution in [-0.2, 0) is 10.0 Å². The van der Waals surface area contributed by atoms with Crippen molar-refractivity contribution >= 4 is 21.5 Å². The zero-order valence-corrected chi connectivity index (χ0v) is 16.2. The molecular weight excluding hydrogens is 402 g/mol. The highest BCUT2D eigenvalue weighted by Gasteiger charge is 2.33. The number of sulfonamides is 1. The van der Waals surface area contributed by atoms with Crippen LogP contribution in [0.25, 0.3) is 5.65 Å². The topological polar surface area (TPSA) is 83.7 Å². The first-order valence-corrected chi connectivity index (χ1v) is 10.8. The summed E-state index contributed by atoms with van der Waals surface area (Å²) in [4.78, 5) is 5.86. The largest absolute Gasteiger partial charge is 0.351 e. The SMILES string of the molecule is O=S(=O)(c1ccc(F)cc1F)N1CCN(c2nccn3c(C4CC4)nnc23)CC1. The molecule has 1 aliphatic carbocycles. The molecule has 2 aromatic heterocycles. The number of hydrogen-bond donors (Lipinski definition) is 0. The third kappa shape index (κ3) is 3.14. The Morgan fingerprint density at radius 2 is 1.79 bits per heavy atom. The first-order valence-electron chi connectivity index (χ1n) is 9.35. The number of rotatable bonds is 4. The number of nitrogens with zero attached hydrogens (tertiary/aromatic N) is 6. The number of aromatic nitrogens is 4. The summed E-state index contributed by atoms with van der Waals surface area (Å²) in [6.45, 7) is 1.07. The number of fused-ring (bicyclic) bond motifs is 1. The van der Waals surface area contributed by atoms with E-state index in [9.17, 15) is 17.2 Å². The molecule has 3 aromatic rings. The minimum Gasteiger partial charge on any atom is -0.351 e. The molecule has 0 atom stereocenters. The Bertz CT molecular complexity index is 1190. The van der Waals surface area contributed by atoms with E-state index in [-0.39, 0.29) is 13.1 Å². The van der Waals surface area contributed by atoms with E-state index in [1.165, 1.54) is 4.31 Å². The van der Waals surface area contributed by atoms with Crippen LogP contribution in [0.15, 0.2) is 35.5 Å². The van der Waals surface area contributed by atoms with Gasteiger partial charge >= 0.3 is 0 Å². The number of anilines is 1. The summed E-state index contributed by atoms with van der Waals surface area (Å²) < 4.78 is 55.8. The quantitative estimate of drug-likeness (QED) is 0.640. The van der Waals surface area contributed by atoms with Crippen molar-refractivity contribution in [1.82, 2.24) is 23.9 Å². The van der Waals surface area contributed by atoms with Crippen molar-refractivity contribution in [3.05, 3.63) is 48.1 Å². The van der Waals surface area contributed by atoms with Crippen molar-refractivity contribution in [2.24, 2.45) is 0 Å². The fourth-order valence-electron chi connectivity index (χ4n) is 3.64. The first-order chi connectivity index (χ1) is 13.9. The molecule has 8 nitrogen and oxygen atoms in total. The Morgan fingerprint density at radius 3 is 2.48 bits per heavy atom. The highest BCUT2D eigenvalue weighted by atomic mass is 32.2. The van der Waals surface area contributed by atoms with E-state index in [4.69, 9.17) is 0 Å². The second-order valence-electron chi connectivity index (χ2n) is 7.24. The van der Waals surface area contributed by atoms with Crippen molar-refractivity contribution in [2.75, 3.05) is 31.1 Å². The summed E-state index contributed by atoms with van der Waals surface area (Å²) in [5.74, 6) is 0.112. The second kappa shape index (κ2) is 6.70. The maximum Gasteiger partial charge on any atom is 0.246 e. The summed E-state index contributed by atoms with van der Waals surface area (Å²) in [5, 5.41) is 8.57. The molecule has 2 aliphatic rings. The normalized spacial score (nSPS) is 18.5. The van der Waals surface area contributed by atoms with Crippen LogP contribution in [0.4, 0.5) is 14.6 Å². The van der Waals surface area contributed by atoms with Crippen molar-refractivity contribution in [1.29, 1.82) is 0 Å². The highest BCUT2D eigenvalue weighted by molar-refractivity contribution is 7.89. The minimum absolute atomic E-state index is 0.158. The van der Waals surface area contributed by atoms with Crippen LogP contribution < -0.4 is 4.90 Å². The lowest BCUT2D eigenvalue weighted by molar-refractivity contribution is 0.381. The van der Waals surface area contributed by atoms with Gasteiger partial charge in [-0.1, -0.05) is 0 Å². The van der Waals surface area contributed by atoms with Crippen LogP contribution in [0.2, 0.25) is 0 Å². The average Bonchev–Trinajstić information content (AvgIpc) is 3.46. The van der Waals surface area contributed by atoms with E-state index < -0.39 is 26.6 Å². The van der Waals surface area contributed by atoms with Gasteiger partial charge in [0, 0.05) is 50.6 Å². The monoisotopic (exact) mass is 420 g/mol. The smallest absolute Gasteiger partial charge is 0.246 e.